The van der Waals surface area contributed by atoms with E-state index in [9.17, 15) is 0 Å². The summed E-state index contributed by atoms with van der Waals surface area (Å²) in [5.41, 5.74) is 0.729. The average molecular weight is 353 g/mol. The number of hydrogen-bond acceptors (Lipinski definition) is 3. The first-order valence-corrected chi connectivity index (χ1v) is 11.7. The Hall–Kier alpha value is -1.40. The fourth-order valence-corrected chi connectivity index (χ4v) is 7.11. The molecule has 2 aliphatic heterocycles. The Balaban J connectivity index is 1.84. The zero-order chi connectivity index (χ0) is 17.7. The van der Waals surface area contributed by atoms with Crippen molar-refractivity contribution in [3.8, 4) is 0 Å². The number of quaternary nitrogens is 1. The van der Waals surface area contributed by atoms with Crippen LogP contribution in [0.5, 0.6) is 0 Å². The van der Waals surface area contributed by atoms with Crippen LogP contribution >= 0.6 is 0 Å². The van der Waals surface area contributed by atoms with E-state index in [1.807, 2.05) is 30.3 Å². The first-order valence-electron chi connectivity index (χ1n) is 8.78. The molecule has 2 heterocycles. The summed E-state index contributed by atoms with van der Waals surface area (Å²) >= 11 is 0. The van der Waals surface area contributed by atoms with E-state index < -0.39 is 8.17 Å². The van der Waals surface area contributed by atoms with Crippen molar-refractivity contribution >= 4 is 14.1 Å². The maximum atomic E-state index is 16.0. The van der Waals surface area contributed by atoms with Gasteiger partial charge in [0.25, 0.3) is 0 Å². The number of oxime groups is 1. The fourth-order valence-electron chi connectivity index (χ4n) is 4.25. The average Bonchev–Trinajstić information content (AvgIpc) is 2.82. The van der Waals surface area contributed by atoms with Gasteiger partial charge in [-0.3, -0.25) is 0 Å². The molecular weight excluding hydrogens is 323 g/mol. The second kappa shape index (κ2) is 5.30. The van der Waals surface area contributed by atoms with E-state index in [2.05, 4.69) is 32.9 Å². The summed E-state index contributed by atoms with van der Waals surface area (Å²) in [5, 5.41) is 3.97. The van der Waals surface area contributed by atoms with Crippen LogP contribution in [0, 0.1) is 0 Å². The number of likely N-dealkylation sites (tertiary alicyclic amines) is 1. The standard InChI is InChI=1S/C18H28FN2O2Si/c1-17(2)12-9-13-18(3,4)21(17)14-24(5,19)22-16(20-23-24)15-10-7-6-8-11-15/h6-8,10-11H,9,12-14H2,1-5H3/q-1/p+1. The molecule has 0 aliphatic carbocycles. The predicted molar refractivity (Wildman–Crippen MR) is 95.7 cm³/mol. The van der Waals surface area contributed by atoms with Gasteiger partial charge in [-0.25, -0.2) is 0 Å². The van der Waals surface area contributed by atoms with Crippen molar-refractivity contribution in [3.63, 3.8) is 0 Å². The molecule has 3 rings (SSSR count). The quantitative estimate of drug-likeness (QED) is 0.670. The topological polar surface area (TPSA) is 35.3 Å². The molecule has 0 atom stereocenters. The van der Waals surface area contributed by atoms with Crippen molar-refractivity contribution < 1.29 is 18.0 Å². The third kappa shape index (κ3) is 3.22. The summed E-state index contributed by atoms with van der Waals surface area (Å²) in [5.74, 6) is 0.265. The van der Waals surface area contributed by atoms with Crippen molar-refractivity contribution in [1.29, 1.82) is 0 Å². The predicted octanol–water partition coefficient (Wildman–Crippen LogP) is 3.05. The molecule has 1 aromatic carbocycles. The number of nitrogens with one attached hydrogen (secondary N) is 1. The first kappa shape index (κ1) is 17.4. The second-order valence-electron chi connectivity index (χ2n) is 8.84. The summed E-state index contributed by atoms with van der Waals surface area (Å²) in [6.07, 6.45) is 3.56. The molecular formula is C18H29FN2O2Si. The van der Waals surface area contributed by atoms with Crippen molar-refractivity contribution in [2.75, 3.05) is 6.17 Å². The second-order valence-corrected chi connectivity index (χ2v) is 12.8. The van der Waals surface area contributed by atoms with E-state index in [1.165, 1.54) is 17.9 Å². The Kier molecular flexibility index (Phi) is 3.84. The van der Waals surface area contributed by atoms with Crippen molar-refractivity contribution in [3.05, 3.63) is 35.9 Å². The number of rotatable bonds is 3. The Morgan fingerprint density at radius 1 is 1.12 bits per heavy atom. The van der Waals surface area contributed by atoms with Gasteiger partial charge in [-0.2, -0.15) is 0 Å². The van der Waals surface area contributed by atoms with Gasteiger partial charge in [0, 0.05) is 0 Å². The molecule has 0 amide bonds. The van der Waals surface area contributed by atoms with E-state index in [-0.39, 0.29) is 23.1 Å². The molecule has 24 heavy (non-hydrogen) atoms. The van der Waals surface area contributed by atoms with Crippen LogP contribution in [0.25, 0.3) is 0 Å². The minimum atomic E-state index is -4.61. The fraction of sp³-hybridized carbons (Fsp3) is 0.611. The molecule has 0 bridgehead atoms. The molecule has 0 saturated carbocycles. The third-order valence-electron chi connectivity index (χ3n) is 5.53. The van der Waals surface area contributed by atoms with Crippen molar-refractivity contribution in [2.45, 2.75) is 64.6 Å². The number of benzene rings is 1. The maximum absolute atomic E-state index is 16.0. The van der Waals surface area contributed by atoms with E-state index in [4.69, 9.17) is 8.95 Å². The number of hydrogen-bond donors (Lipinski definition) is 1. The molecule has 1 saturated heterocycles. The molecule has 1 N–H and O–H groups in total. The summed E-state index contributed by atoms with van der Waals surface area (Å²) < 4.78 is 27.2. The molecule has 134 valence electrons. The monoisotopic (exact) mass is 352 g/mol. The normalized spacial score (nSPS) is 28.8. The molecule has 1 aromatic rings. The molecule has 6 heteroatoms. The van der Waals surface area contributed by atoms with Gasteiger partial charge in [-0.05, 0) is 0 Å². The summed E-state index contributed by atoms with van der Waals surface area (Å²) in [4.78, 5) is 1.21. The molecule has 0 aromatic heterocycles. The van der Waals surface area contributed by atoms with Gasteiger partial charge >= 0.3 is 144 Å². The third-order valence-corrected chi connectivity index (χ3v) is 7.91. The summed E-state index contributed by atoms with van der Waals surface area (Å²) in [7, 11) is -4.61. The zero-order valence-electron chi connectivity index (χ0n) is 15.4. The summed E-state index contributed by atoms with van der Waals surface area (Å²) in [6, 6.07) is 9.39. The van der Waals surface area contributed by atoms with E-state index >= 15 is 4.11 Å². The van der Waals surface area contributed by atoms with Crippen LogP contribution in [0.4, 0.5) is 4.11 Å². The van der Waals surface area contributed by atoms with Crippen molar-refractivity contribution in [2.24, 2.45) is 5.16 Å². The van der Waals surface area contributed by atoms with Gasteiger partial charge in [-0.15, -0.1) is 0 Å². The van der Waals surface area contributed by atoms with Crippen LogP contribution < -0.4 is 4.90 Å². The Morgan fingerprint density at radius 3 is 2.29 bits per heavy atom. The van der Waals surface area contributed by atoms with Gasteiger partial charge < -0.3 is 0 Å². The van der Waals surface area contributed by atoms with Gasteiger partial charge in [0.2, 0.25) is 0 Å². The molecule has 0 unspecified atom stereocenters. The minimum absolute atomic E-state index is 0.0113. The zero-order valence-corrected chi connectivity index (χ0v) is 16.4. The number of halogens is 1. The van der Waals surface area contributed by atoms with Crippen LogP contribution in [0.15, 0.2) is 35.5 Å². The molecule has 0 spiro atoms. The first-order chi connectivity index (χ1) is 11.0. The van der Waals surface area contributed by atoms with Gasteiger partial charge in [0.15, 0.2) is 0 Å². The Labute approximate surface area is 144 Å². The molecule has 0 radical (unpaired) electrons. The van der Waals surface area contributed by atoms with Gasteiger partial charge in [0.05, 0.1) is 0 Å². The Morgan fingerprint density at radius 2 is 1.71 bits per heavy atom. The van der Waals surface area contributed by atoms with Gasteiger partial charge in [0.1, 0.15) is 0 Å². The number of piperidine rings is 1. The van der Waals surface area contributed by atoms with Crippen LogP contribution in [0.3, 0.4) is 0 Å². The van der Waals surface area contributed by atoms with E-state index in [0.29, 0.717) is 0 Å². The SMILES string of the molecule is CC1(C)CCCC(C)(C)[NH+]1C[Si-]1(C)(F)ON=C(c2ccccc2)O1. The summed E-state index contributed by atoms with van der Waals surface area (Å²) in [6.45, 7) is 10.3. The number of nitrogens with zero attached hydrogens (tertiary/aromatic N) is 1. The van der Waals surface area contributed by atoms with Crippen LogP contribution in [-0.2, 0) is 8.95 Å². The van der Waals surface area contributed by atoms with Crippen LogP contribution in [0.1, 0.15) is 52.5 Å². The Bertz CT molecular complexity index is 642. The van der Waals surface area contributed by atoms with Crippen LogP contribution in [0.2, 0.25) is 6.55 Å². The molecule has 4 nitrogen and oxygen atoms in total. The van der Waals surface area contributed by atoms with Gasteiger partial charge in [-0.1, -0.05) is 0 Å². The molecule has 2 aliphatic rings. The van der Waals surface area contributed by atoms with E-state index in [0.717, 1.165) is 18.4 Å². The van der Waals surface area contributed by atoms with E-state index in [1.54, 1.807) is 0 Å². The molecule has 1 fully saturated rings. The van der Waals surface area contributed by atoms with Crippen LogP contribution in [-0.4, -0.2) is 31.3 Å². The van der Waals surface area contributed by atoms with Crippen molar-refractivity contribution in [1.82, 2.24) is 0 Å².